The number of benzene rings is 1. The molecule has 1 aromatic carbocycles. The van der Waals surface area contributed by atoms with Crippen LogP contribution in [0.4, 0.5) is 23.4 Å². The number of halogens is 4. The molecule has 0 saturated carbocycles. The summed E-state index contributed by atoms with van der Waals surface area (Å²) in [5.74, 6) is -3.57. The Bertz CT molecular complexity index is 607. The van der Waals surface area contributed by atoms with Crippen molar-refractivity contribution in [3.05, 3.63) is 36.3 Å². The molecular formula is C11H6F4N2O2. The Labute approximate surface area is 104 Å². The van der Waals surface area contributed by atoms with Gasteiger partial charge in [0.15, 0.2) is 0 Å². The molecule has 0 saturated heterocycles. The van der Waals surface area contributed by atoms with E-state index in [0.717, 1.165) is 12.3 Å². The highest BCUT2D eigenvalue weighted by molar-refractivity contribution is 5.93. The number of hydrogen-bond donors (Lipinski definition) is 1. The van der Waals surface area contributed by atoms with Crippen molar-refractivity contribution in [2.75, 3.05) is 5.32 Å². The van der Waals surface area contributed by atoms with Gasteiger partial charge >= 0.3 is 12.1 Å². The number of aromatic nitrogens is 1. The van der Waals surface area contributed by atoms with Gasteiger partial charge < -0.3 is 4.42 Å². The van der Waals surface area contributed by atoms with E-state index in [1.54, 1.807) is 0 Å². The van der Waals surface area contributed by atoms with Gasteiger partial charge in [0.1, 0.15) is 5.82 Å². The first-order chi connectivity index (χ1) is 8.88. The maximum absolute atomic E-state index is 13.4. The van der Waals surface area contributed by atoms with E-state index in [4.69, 9.17) is 4.42 Å². The highest BCUT2D eigenvalue weighted by atomic mass is 19.4. The zero-order chi connectivity index (χ0) is 14.0. The average molecular weight is 274 g/mol. The fourth-order valence-corrected chi connectivity index (χ4v) is 1.27. The van der Waals surface area contributed by atoms with E-state index >= 15 is 0 Å². The van der Waals surface area contributed by atoms with Crippen LogP contribution >= 0.6 is 0 Å². The Kier molecular flexibility index (Phi) is 3.24. The van der Waals surface area contributed by atoms with Crippen molar-refractivity contribution in [3.63, 3.8) is 0 Å². The average Bonchev–Trinajstić information content (AvgIpc) is 2.76. The number of carbonyl (C=O) groups excluding carboxylic acids is 1. The molecule has 19 heavy (non-hydrogen) atoms. The molecule has 0 bridgehead atoms. The third-order valence-electron chi connectivity index (χ3n) is 2.10. The first kappa shape index (κ1) is 13.1. The molecule has 0 spiro atoms. The second kappa shape index (κ2) is 4.71. The molecule has 1 heterocycles. The van der Waals surface area contributed by atoms with Crippen LogP contribution in [-0.2, 0) is 4.79 Å². The van der Waals surface area contributed by atoms with E-state index in [2.05, 4.69) is 4.98 Å². The van der Waals surface area contributed by atoms with Crippen LogP contribution < -0.4 is 5.32 Å². The molecule has 2 rings (SSSR count). The summed E-state index contributed by atoms with van der Waals surface area (Å²) in [6, 6.07) is 5.44. The molecule has 8 heteroatoms. The molecule has 0 aliphatic carbocycles. The second-order valence-electron chi connectivity index (χ2n) is 3.46. The van der Waals surface area contributed by atoms with E-state index < -0.39 is 23.8 Å². The topological polar surface area (TPSA) is 55.1 Å². The number of amides is 1. The molecule has 4 nitrogen and oxygen atoms in total. The lowest BCUT2D eigenvalue weighted by Crippen LogP contribution is -2.29. The Morgan fingerprint density at radius 2 is 1.95 bits per heavy atom. The monoisotopic (exact) mass is 274 g/mol. The van der Waals surface area contributed by atoms with Crippen molar-refractivity contribution in [2.45, 2.75) is 6.18 Å². The number of carbonyl (C=O) groups is 1. The molecule has 0 unspecified atom stereocenters. The quantitative estimate of drug-likeness (QED) is 0.856. The van der Waals surface area contributed by atoms with Gasteiger partial charge in [0.2, 0.25) is 11.8 Å². The number of oxazole rings is 1. The Hall–Kier alpha value is -2.38. The minimum Gasteiger partial charge on any atom is -0.420 e. The summed E-state index contributed by atoms with van der Waals surface area (Å²) in [6.45, 7) is 0. The van der Waals surface area contributed by atoms with Crippen LogP contribution in [-0.4, -0.2) is 17.1 Å². The van der Waals surface area contributed by atoms with Crippen LogP contribution in [0.5, 0.6) is 0 Å². The molecule has 0 aliphatic heterocycles. The lowest BCUT2D eigenvalue weighted by atomic mass is 10.2. The smallest absolute Gasteiger partial charge is 0.420 e. The Morgan fingerprint density at radius 1 is 1.26 bits per heavy atom. The van der Waals surface area contributed by atoms with Crippen LogP contribution in [0.25, 0.3) is 11.5 Å². The van der Waals surface area contributed by atoms with Gasteiger partial charge in [0, 0.05) is 0 Å². The lowest BCUT2D eigenvalue weighted by Gasteiger charge is -2.04. The molecule has 1 aromatic heterocycles. The molecule has 0 fully saturated rings. The standard InChI is InChI=1S/C11H6F4N2O2/c12-7-4-2-1-3-6(7)9-16-5-8(19-9)17-10(18)11(13,14)15/h1-5H,(H,17,18). The molecule has 2 aromatic rings. The summed E-state index contributed by atoms with van der Waals surface area (Å²) in [6.07, 6.45) is -4.17. The van der Waals surface area contributed by atoms with Gasteiger partial charge in [-0.1, -0.05) is 12.1 Å². The van der Waals surface area contributed by atoms with Crippen LogP contribution in [0.15, 0.2) is 34.9 Å². The van der Waals surface area contributed by atoms with Crippen LogP contribution in [0.3, 0.4) is 0 Å². The summed E-state index contributed by atoms with van der Waals surface area (Å²) in [5.41, 5.74) is -0.0185. The maximum Gasteiger partial charge on any atom is 0.471 e. The van der Waals surface area contributed by atoms with Crippen molar-refractivity contribution < 1.29 is 26.8 Å². The maximum atomic E-state index is 13.4. The van der Waals surface area contributed by atoms with E-state index in [1.165, 1.54) is 23.5 Å². The van der Waals surface area contributed by atoms with Crippen molar-refractivity contribution in [1.29, 1.82) is 0 Å². The SMILES string of the molecule is O=C(Nc1cnc(-c2ccccc2F)o1)C(F)(F)F. The zero-order valence-corrected chi connectivity index (χ0v) is 9.16. The predicted octanol–water partition coefficient (Wildman–Crippen LogP) is 2.98. The van der Waals surface area contributed by atoms with Gasteiger partial charge in [-0.05, 0) is 12.1 Å². The number of alkyl halides is 3. The number of hydrogen-bond acceptors (Lipinski definition) is 3. The van der Waals surface area contributed by atoms with E-state index in [-0.39, 0.29) is 11.5 Å². The zero-order valence-electron chi connectivity index (χ0n) is 9.16. The van der Waals surface area contributed by atoms with Gasteiger partial charge in [-0.25, -0.2) is 9.37 Å². The third-order valence-corrected chi connectivity index (χ3v) is 2.10. The minimum atomic E-state index is -5.04. The predicted molar refractivity (Wildman–Crippen MR) is 56.6 cm³/mol. The Morgan fingerprint density at radius 3 is 2.58 bits per heavy atom. The summed E-state index contributed by atoms with van der Waals surface area (Å²) in [7, 11) is 0. The number of anilines is 1. The fourth-order valence-electron chi connectivity index (χ4n) is 1.27. The summed E-state index contributed by atoms with van der Waals surface area (Å²) >= 11 is 0. The van der Waals surface area contributed by atoms with E-state index in [9.17, 15) is 22.4 Å². The minimum absolute atomic E-state index is 0.0185. The van der Waals surface area contributed by atoms with Crippen molar-refractivity contribution in [2.24, 2.45) is 0 Å². The van der Waals surface area contributed by atoms with Gasteiger partial charge in [-0.3, -0.25) is 10.1 Å². The van der Waals surface area contributed by atoms with Gasteiger partial charge in [0.25, 0.3) is 0 Å². The van der Waals surface area contributed by atoms with Gasteiger partial charge in [-0.15, -0.1) is 0 Å². The molecule has 1 amide bonds. The molecule has 0 radical (unpaired) electrons. The highest BCUT2D eigenvalue weighted by Gasteiger charge is 2.39. The van der Waals surface area contributed by atoms with Crippen molar-refractivity contribution in [1.82, 2.24) is 4.98 Å². The molecule has 100 valence electrons. The van der Waals surface area contributed by atoms with Crippen molar-refractivity contribution >= 4 is 11.8 Å². The molecule has 0 atom stereocenters. The molecule has 1 N–H and O–H groups in total. The number of nitrogens with zero attached hydrogens (tertiary/aromatic N) is 1. The van der Waals surface area contributed by atoms with Crippen molar-refractivity contribution in [3.8, 4) is 11.5 Å². The Balaban J connectivity index is 2.21. The van der Waals surface area contributed by atoms with Crippen LogP contribution in [0, 0.1) is 5.82 Å². The van der Waals surface area contributed by atoms with Gasteiger partial charge in [-0.2, -0.15) is 13.2 Å². The largest absolute Gasteiger partial charge is 0.471 e. The fraction of sp³-hybridized carbons (Fsp3) is 0.0909. The lowest BCUT2D eigenvalue weighted by molar-refractivity contribution is -0.167. The third kappa shape index (κ3) is 2.90. The first-order valence-electron chi connectivity index (χ1n) is 4.97. The van der Waals surface area contributed by atoms with Crippen LogP contribution in [0.2, 0.25) is 0 Å². The van der Waals surface area contributed by atoms with E-state index in [0.29, 0.717) is 0 Å². The van der Waals surface area contributed by atoms with E-state index in [1.807, 2.05) is 0 Å². The summed E-state index contributed by atoms with van der Waals surface area (Å²) < 4.78 is 54.2. The summed E-state index contributed by atoms with van der Waals surface area (Å²) in [4.78, 5) is 14.2. The summed E-state index contributed by atoms with van der Waals surface area (Å²) in [5, 5.41) is 1.48. The normalized spacial score (nSPS) is 11.4. The van der Waals surface area contributed by atoms with Gasteiger partial charge in [0.05, 0.1) is 11.8 Å². The molecule has 0 aliphatic rings. The first-order valence-corrected chi connectivity index (χ1v) is 4.97. The number of rotatable bonds is 2. The van der Waals surface area contributed by atoms with Crippen LogP contribution in [0.1, 0.15) is 0 Å². The highest BCUT2D eigenvalue weighted by Crippen LogP contribution is 2.25. The second-order valence-corrected chi connectivity index (χ2v) is 3.46. The number of nitrogens with one attached hydrogen (secondary N) is 1. The molecular weight excluding hydrogens is 268 g/mol.